The molecule has 2 aromatic heterocycles. The maximum Gasteiger partial charge on any atom is 0.227 e. The zero-order chi connectivity index (χ0) is 25.5. The lowest BCUT2D eigenvalue weighted by Crippen LogP contribution is -1.97. The van der Waals surface area contributed by atoms with Crippen molar-refractivity contribution in [2.45, 2.75) is 0 Å². The second kappa shape index (κ2) is 9.21. The first-order valence-electron chi connectivity index (χ1n) is 12.2. The molecule has 5 nitrogen and oxygen atoms in total. The summed E-state index contributed by atoms with van der Waals surface area (Å²) in [5.74, 6) is 1.64. The Morgan fingerprint density at radius 3 is 1.84 bits per heavy atom. The first-order valence-corrected chi connectivity index (χ1v) is 12.6. The molecular weight excluding hydrogens is 492 g/mol. The van der Waals surface area contributed by atoms with Crippen LogP contribution in [-0.2, 0) is 0 Å². The van der Waals surface area contributed by atoms with Gasteiger partial charge in [0.15, 0.2) is 17.2 Å². The van der Waals surface area contributed by atoms with Gasteiger partial charge in [0, 0.05) is 22.1 Å². The molecule has 2 heterocycles. The molecule has 0 radical (unpaired) electrons. The number of oxazole rings is 1. The standard InChI is InChI=1S/C32H19ClN4O/c33-32-36-29(22-13-11-21(12-14-22)20-7-3-1-4-8-20)35-30(37-32)25-15-17-26-24(19-25)16-18-27-28(26)38-31(34-27)23-9-5-2-6-10-23/h1-19H. The van der Waals surface area contributed by atoms with E-state index in [1.165, 1.54) is 0 Å². The van der Waals surface area contributed by atoms with Crippen molar-refractivity contribution in [3.63, 3.8) is 0 Å². The van der Waals surface area contributed by atoms with Gasteiger partial charge in [0.25, 0.3) is 0 Å². The molecule has 0 aliphatic carbocycles. The molecule has 7 rings (SSSR count). The fourth-order valence-electron chi connectivity index (χ4n) is 4.61. The fraction of sp³-hybridized carbons (Fsp3) is 0. The summed E-state index contributed by atoms with van der Waals surface area (Å²) in [7, 11) is 0. The van der Waals surface area contributed by atoms with Crippen LogP contribution >= 0.6 is 11.6 Å². The summed E-state index contributed by atoms with van der Waals surface area (Å²) in [6, 6.07) is 38.3. The maximum atomic E-state index is 6.35. The van der Waals surface area contributed by atoms with E-state index >= 15 is 0 Å². The van der Waals surface area contributed by atoms with Crippen LogP contribution in [0.3, 0.4) is 0 Å². The lowest BCUT2D eigenvalue weighted by atomic mass is 10.0. The minimum Gasteiger partial charge on any atom is -0.435 e. The lowest BCUT2D eigenvalue weighted by Gasteiger charge is -2.07. The van der Waals surface area contributed by atoms with E-state index in [0.29, 0.717) is 17.5 Å². The fourth-order valence-corrected chi connectivity index (χ4v) is 4.77. The predicted molar refractivity (Wildman–Crippen MR) is 152 cm³/mol. The molecule has 7 aromatic rings. The van der Waals surface area contributed by atoms with Gasteiger partial charge >= 0.3 is 0 Å². The van der Waals surface area contributed by atoms with E-state index in [2.05, 4.69) is 39.2 Å². The van der Waals surface area contributed by atoms with Gasteiger partial charge in [-0.1, -0.05) is 84.9 Å². The average molecular weight is 511 g/mol. The first-order chi connectivity index (χ1) is 18.7. The lowest BCUT2D eigenvalue weighted by molar-refractivity contribution is 0.623. The van der Waals surface area contributed by atoms with Crippen LogP contribution in [0.25, 0.3) is 67.2 Å². The summed E-state index contributed by atoms with van der Waals surface area (Å²) in [4.78, 5) is 18.2. The molecule has 38 heavy (non-hydrogen) atoms. The van der Waals surface area contributed by atoms with Crippen molar-refractivity contribution >= 4 is 33.5 Å². The van der Waals surface area contributed by atoms with E-state index in [9.17, 15) is 0 Å². The number of fused-ring (bicyclic) bond motifs is 3. The van der Waals surface area contributed by atoms with Crippen molar-refractivity contribution < 1.29 is 4.42 Å². The third kappa shape index (κ3) is 4.09. The molecule has 0 atom stereocenters. The maximum absolute atomic E-state index is 6.35. The average Bonchev–Trinajstić information content (AvgIpc) is 3.43. The molecule has 0 amide bonds. The Kier molecular flexibility index (Phi) is 5.42. The van der Waals surface area contributed by atoms with E-state index in [0.717, 1.165) is 49.7 Å². The highest BCUT2D eigenvalue weighted by Gasteiger charge is 2.14. The zero-order valence-electron chi connectivity index (χ0n) is 20.0. The number of hydrogen-bond donors (Lipinski definition) is 0. The summed E-state index contributed by atoms with van der Waals surface area (Å²) in [6.45, 7) is 0. The van der Waals surface area contributed by atoms with Gasteiger partial charge in [-0.2, -0.15) is 9.97 Å². The number of rotatable bonds is 4. The molecule has 0 aliphatic heterocycles. The largest absolute Gasteiger partial charge is 0.435 e. The van der Waals surface area contributed by atoms with Crippen molar-refractivity contribution in [3.05, 3.63) is 121 Å². The summed E-state index contributed by atoms with van der Waals surface area (Å²) in [6.07, 6.45) is 0. The van der Waals surface area contributed by atoms with Gasteiger partial charge in [-0.15, -0.1) is 0 Å². The molecule has 0 saturated carbocycles. The Bertz CT molecular complexity index is 1920. The van der Waals surface area contributed by atoms with E-state index < -0.39 is 0 Å². The zero-order valence-corrected chi connectivity index (χ0v) is 20.8. The molecule has 0 saturated heterocycles. The number of nitrogens with zero attached hydrogens (tertiary/aromatic N) is 4. The highest BCUT2D eigenvalue weighted by Crippen LogP contribution is 2.33. The molecule has 6 heteroatoms. The number of aromatic nitrogens is 4. The van der Waals surface area contributed by atoms with Crippen molar-refractivity contribution in [3.8, 4) is 45.4 Å². The van der Waals surface area contributed by atoms with Gasteiger partial charge < -0.3 is 4.42 Å². The Morgan fingerprint density at radius 2 is 1.11 bits per heavy atom. The highest BCUT2D eigenvalue weighted by molar-refractivity contribution is 6.28. The summed E-state index contributed by atoms with van der Waals surface area (Å²) >= 11 is 6.35. The van der Waals surface area contributed by atoms with E-state index in [1.54, 1.807) is 0 Å². The van der Waals surface area contributed by atoms with Gasteiger partial charge in [-0.3, -0.25) is 0 Å². The molecule has 180 valence electrons. The van der Waals surface area contributed by atoms with Gasteiger partial charge in [0.1, 0.15) is 5.52 Å². The van der Waals surface area contributed by atoms with Crippen molar-refractivity contribution in [2.24, 2.45) is 0 Å². The third-order valence-electron chi connectivity index (χ3n) is 6.51. The van der Waals surface area contributed by atoms with Crippen LogP contribution in [-0.4, -0.2) is 19.9 Å². The van der Waals surface area contributed by atoms with Crippen molar-refractivity contribution in [1.29, 1.82) is 0 Å². The number of halogens is 1. The Morgan fingerprint density at radius 1 is 0.500 bits per heavy atom. The second-order valence-electron chi connectivity index (χ2n) is 8.93. The SMILES string of the molecule is Clc1nc(-c2ccc(-c3ccccc3)cc2)nc(-c2ccc3c(ccc4nc(-c5ccccc5)oc43)c2)n1. The van der Waals surface area contributed by atoms with Gasteiger partial charge in [-0.05, 0) is 58.4 Å². The van der Waals surface area contributed by atoms with Gasteiger partial charge in [0.05, 0.1) is 0 Å². The van der Waals surface area contributed by atoms with Crippen LogP contribution in [0.15, 0.2) is 120 Å². The smallest absolute Gasteiger partial charge is 0.227 e. The molecule has 5 aromatic carbocycles. The van der Waals surface area contributed by atoms with Crippen LogP contribution in [0.1, 0.15) is 0 Å². The van der Waals surface area contributed by atoms with Crippen LogP contribution in [0.5, 0.6) is 0 Å². The molecule has 0 spiro atoms. The van der Waals surface area contributed by atoms with E-state index in [1.807, 2.05) is 91.0 Å². The second-order valence-corrected chi connectivity index (χ2v) is 9.27. The minimum absolute atomic E-state index is 0.149. The molecular formula is C32H19ClN4O. The topological polar surface area (TPSA) is 64.7 Å². The highest BCUT2D eigenvalue weighted by atomic mass is 35.5. The van der Waals surface area contributed by atoms with Crippen molar-refractivity contribution in [1.82, 2.24) is 19.9 Å². The summed E-state index contributed by atoms with van der Waals surface area (Å²) in [5.41, 5.74) is 6.49. The third-order valence-corrected chi connectivity index (χ3v) is 6.68. The molecule has 0 bridgehead atoms. The monoisotopic (exact) mass is 510 g/mol. The van der Waals surface area contributed by atoms with Crippen LogP contribution in [0, 0.1) is 0 Å². The minimum atomic E-state index is 0.149. The van der Waals surface area contributed by atoms with Crippen LogP contribution in [0.2, 0.25) is 5.28 Å². The summed E-state index contributed by atoms with van der Waals surface area (Å²) in [5, 5.41) is 2.12. The molecule has 0 aliphatic rings. The first kappa shape index (κ1) is 22.3. The van der Waals surface area contributed by atoms with Gasteiger partial charge in [0.2, 0.25) is 11.2 Å². The summed E-state index contributed by atoms with van der Waals surface area (Å²) < 4.78 is 6.18. The Balaban J connectivity index is 1.26. The molecule has 0 N–H and O–H groups in total. The van der Waals surface area contributed by atoms with E-state index in [-0.39, 0.29) is 5.28 Å². The Hall–Kier alpha value is -4.87. The Labute approximate surface area is 223 Å². The quantitative estimate of drug-likeness (QED) is 0.237. The number of hydrogen-bond acceptors (Lipinski definition) is 5. The van der Waals surface area contributed by atoms with Crippen LogP contribution < -0.4 is 0 Å². The van der Waals surface area contributed by atoms with Gasteiger partial charge in [-0.25, -0.2) is 9.97 Å². The normalized spacial score (nSPS) is 11.3. The van der Waals surface area contributed by atoms with E-state index in [4.69, 9.17) is 21.0 Å². The molecule has 0 unspecified atom stereocenters. The number of benzene rings is 5. The molecule has 0 fully saturated rings. The van der Waals surface area contributed by atoms with Crippen molar-refractivity contribution in [2.75, 3.05) is 0 Å². The predicted octanol–water partition coefficient (Wildman–Crippen LogP) is 8.49. The van der Waals surface area contributed by atoms with Crippen LogP contribution in [0.4, 0.5) is 0 Å².